The van der Waals surface area contributed by atoms with Crippen molar-refractivity contribution in [1.29, 1.82) is 0 Å². The van der Waals surface area contributed by atoms with Crippen LogP contribution in [0, 0.1) is 0 Å². The molecule has 0 aromatic carbocycles. The van der Waals surface area contributed by atoms with Crippen LogP contribution in [-0.4, -0.2) is 12.8 Å². The predicted molar refractivity (Wildman–Crippen MR) is 33.3 cm³/mol. The average Bonchev–Trinajstić information content (AvgIpc) is 2.34. The van der Waals surface area contributed by atoms with Crippen LogP contribution in [0.3, 0.4) is 0 Å². The molecule has 3 nitrogen and oxygen atoms in total. The zero-order valence-corrected chi connectivity index (χ0v) is 4.83. The molecule has 0 bridgehead atoms. The summed E-state index contributed by atoms with van der Waals surface area (Å²) in [6.07, 6.45) is 2.33. The van der Waals surface area contributed by atoms with E-state index in [0.717, 1.165) is 6.29 Å². The first-order valence-electron chi connectivity index (χ1n) is 2.64. The number of hydrogen-bond acceptors (Lipinski definition) is 3. The summed E-state index contributed by atoms with van der Waals surface area (Å²) in [6.45, 7) is 0.299. The second-order valence-corrected chi connectivity index (χ2v) is 1.52. The van der Waals surface area contributed by atoms with Crippen molar-refractivity contribution in [3.63, 3.8) is 0 Å². The number of carbonyl (C=O) groups excluding carboxylic acids is 1. The number of anilines is 1. The minimum absolute atomic E-state index is 0.299. The molecule has 1 heterocycles. The Kier molecular flexibility index (Phi) is 1.90. The van der Waals surface area contributed by atoms with Gasteiger partial charge >= 0.3 is 0 Å². The maximum absolute atomic E-state index is 9.80. The molecule has 0 aliphatic rings. The Hall–Kier alpha value is -1.25. The molecular weight excluding hydrogens is 118 g/mol. The highest BCUT2D eigenvalue weighted by molar-refractivity contribution is 5.56. The van der Waals surface area contributed by atoms with Gasteiger partial charge in [0, 0.05) is 6.07 Å². The largest absolute Gasteiger partial charge is 0.449 e. The molecule has 1 aromatic rings. The molecule has 0 saturated carbocycles. The van der Waals surface area contributed by atoms with Gasteiger partial charge in [0.1, 0.15) is 6.29 Å². The maximum Gasteiger partial charge on any atom is 0.192 e. The molecule has 1 rings (SSSR count). The highest BCUT2D eigenvalue weighted by Crippen LogP contribution is 2.04. The van der Waals surface area contributed by atoms with Gasteiger partial charge in [-0.3, -0.25) is 0 Å². The third kappa shape index (κ3) is 1.60. The van der Waals surface area contributed by atoms with Crippen LogP contribution < -0.4 is 5.32 Å². The number of hydrogen-bond donors (Lipinski definition) is 1. The van der Waals surface area contributed by atoms with Gasteiger partial charge in [-0.2, -0.15) is 0 Å². The molecule has 0 atom stereocenters. The average molecular weight is 125 g/mol. The van der Waals surface area contributed by atoms with E-state index in [9.17, 15) is 4.79 Å². The van der Waals surface area contributed by atoms with Gasteiger partial charge in [0.05, 0.1) is 12.8 Å². The fourth-order valence-corrected chi connectivity index (χ4v) is 0.521. The smallest absolute Gasteiger partial charge is 0.192 e. The number of rotatable bonds is 3. The Morgan fingerprint density at radius 1 is 1.78 bits per heavy atom. The molecule has 0 spiro atoms. The Balaban J connectivity index is 2.38. The normalized spacial score (nSPS) is 8.89. The number of nitrogens with one attached hydrogen (secondary N) is 1. The molecule has 3 heteroatoms. The monoisotopic (exact) mass is 125 g/mol. The minimum atomic E-state index is 0.299. The zero-order valence-electron chi connectivity index (χ0n) is 4.83. The Morgan fingerprint density at radius 3 is 3.22 bits per heavy atom. The number of furan rings is 1. The Morgan fingerprint density at radius 2 is 2.67 bits per heavy atom. The second kappa shape index (κ2) is 2.91. The van der Waals surface area contributed by atoms with Crippen molar-refractivity contribution >= 4 is 12.2 Å². The molecule has 1 aromatic heterocycles. The van der Waals surface area contributed by atoms with E-state index in [2.05, 4.69) is 5.32 Å². The van der Waals surface area contributed by atoms with Crippen LogP contribution in [-0.2, 0) is 4.79 Å². The van der Waals surface area contributed by atoms with Crippen LogP contribution in [0.4, 0.5) is 5.88 Å². The standard InChI is InChI=1S/C6H7NO2/c8-4-3-7-6-2-1-5-9-6/h1-2,4-5,7H,3H2. The summed E-state index contributed by atoms with van der Waals surface area (Å²) in [5, 5.41) is 2.74. The molecule has 9 heavy (non-hydrogen) atoms. The topological polar surface area (TPSA) is 42.2 Å². The third-order valence-corrected chi connectivity index (χ3v) is 0.881. The molecule has 48 valence electrons. The lowest BCUT2D eigenvalue weighted by Crippen LogP contribution is -1.99. The van der Waals surface area contributed by atoms with Crippen molar-refractivity contribution in [3.05, 3.63) is 18.4 Å². The third-order valence-electron chi connectivity index (χ3n) is 0.881. The van der Waals surface area contributed by atoms with Crippen LogP contribution in [0.2, 0.25) is 0 Å². The molecule has 0 radical (unpaired) electrons. The minimum Gasteiger partial charge on any atom is -0.449 e. The Bertz CT molecular complexity index is 169. The van der Waals surface area contributed by atoms with Gasteiger partial charge < -0.3 is 14.5 Å². The summed E-state index contributed by atoms with van der Waals surface area (Å²) >= 11 is 0. The highest BCUT2D eigenvalue weighted by Gasteiger charge is 1.88. The SMILES string of the molecule is O=CCNc1ccco1. The molecule has 0 amide bonds. The predicted octanol–water partition coefficient (Wildman–Crippen LogP) is 0.890. The summed E-state index contributed by atoms with van der Waals surface area (Å²) in [4.78, 5) is 9.80. The van der Waals surface area contributed by atoms with E-state index < -0.39 is 0 Å². The van der Waals surface area contributed by atoms with E-state index in [1.807, 2.05) is 0 Å². The van der Waals surface area contributed by atoms with Gasteiger partial charge in [0.25, 0.3) is 0 Å². The first kappa shape index (κ1) is 5.88. The van der Waals surface area contributed by atoms with Gasteiger partial charge in [-0.1, -0.05) is 0 Å². The van der Waals surface area contributed by atoms with Crippen molar-refractivity contribution in [1.82, 2.24) is 0 Å². The number of carbonyl (C=O) groups is 1. The second-order valence-electron chi connectivity index (χ2n) is 1.52. The maximum atomic E-state index is 9.80. The van der Waals surface area contributed by atoms with E-state index in [1.54, 1.807) is 18.4 Å². The lowest BCUT2D eigenvalue weighted by atomic mass is 10.6. The van der Waals surface area contributed by atoms with Crippen LogP contribution in [0.15, 0.2) is 22.8 Å². The first-order chi connectivity index (χ1) is 4.43. The van der Waals surface area contributed by atoms with Gasteiger partial charge in [0.15, 0.2) is 5.88 Å². The molecule has 0 saturated heterocycles. The lowest BCUT2D eigenvalue weighted by Gasteiger charge is -1.91. The van der Waals surface area contributed by atoms with Crippen LogP contribution >= 0.6 is 0 Å². The summed E-state index contributed by atoms with van der Waals surface area (Å²) in [7, 11) is 0. The van der Waals surface area contributed by atoms with Gasteiger partial charge in [-0.25, -0.2) is 0 Å². The summed E-state index contributed by atoms with van der Waals surface area (Å²) in [5.41, 5.74) is 0. The van der Waals surface area contributed by atoms with Crippen molar-refractivity contribution in [2.75, 3.05) is 11.9 Å². The molecule has 1 N–H and O–H groups in total. The first-order valence-corrected chi connectivity index (χ1v) is 2.64. The fourth-order valence-electron chi connectivity index (χ4n) is 0.521. The van der Waals surface area contributed by atoms with Crippen LogP contribution in [0.5, 0.6) is 0 Å². The van der Waals surface area contributed by atoms with Crippen LogP contribution in [0.1, 0.15) is 0 Å². The molecular formula is C6H7NO2. The van der Waals surface area contributed by atoms with Gasteiger partial charge in [-0.05, 0) is 6.07 Å². The lowest BCUT2D eigenvalue weighted by molar-refractivity contribution is -0.106. The molecule has 0 aliphatic carbocycles. The summed E-state index contributed by atoms with van der Waals surface area (Å²) in [5.74, 6) is 0.627. The van der Waals surface area contributed by atoms with Crippen LogP contribution in [0.25, 0.3) is 0 Å². The zero-order chi connectivity index (χ0) is 6.53. The van der Waals surface area contributed by atoms with E-state index in [-0.39, 0.29) is 0 Å². The van der Waals surface area contributed by atoms with E-state index in [0.29, 0.717) is 12.4 Å². The van der Waals surface area contributed by atoms with Gasteiger partial charge in [0.2, 0.25) is 0 Å². The van der Waals surface area contributed by atoms with Crippen molar-refractivity contribution in [3.8, 4) is 0 Å². The van der Waals surface area contributed by atoms with Crippen molar-refractivity contribution < 1.29 is 9.21 Å². The van der Waals surface area contributed by atoms with E-state index in [1.165, 1.54) is 0 Å². The molecule has 0 unspecified atom stereocenters. The quantitative estimate of drug-likeness (QED) is 0.610. The number of aldehydes is 1. The van der Waals surface area contributed by atoms with Gasteiger partial charge in [-0.15, -0.1) is 0 Å². The molecule has 0 aliphatic heterocycles. The molecule has 0 fully saturated rings. The fraction of sp³-hybridized carbons (Fsp3) is 0.167. The summed E-state index contributed by atoms with van der Waals surface area (Å²) < 4.78 is 4.87. The van der Waals surface area contributed by atoms with E-state index in [4.69, 9.17) is 4.42 Å². The van der Waals surface area contributed by atoms with Crippen molar-refractivity contribution in [2.24, 2.45) is 0 Å². The van der Waals surface area contributed by atoms with E-state index >= 15 is 0 Å². The highest BCUT2D eigenvalue weighted by atomic mass is 16.3. The Labute approximate surface area is 52.7 Å². The van der Waals surface area contributed by atoms with Crippen molar-refractivity contribution in [2.45, 2.75) is 0 Å². The summed E-state index contributed by atoms with van der Waals surface area (Å²) in [6, 6.07) is 3.51.